The molecule has 0 bridgehead atoms. The number of hydrogen-bond donors (Lipinski definition) is 1. The van der Waals surface area contributed by atoms with E-state index in [1.165, 1.54) is 18.2 Å². The van der Waals surface area contributed by atoms with Gasteiger partial charge in [0.25, 0.3) is 5.91 Å². The van der Waals surface area contributed by atoms with Gasteiger partial charge in [-0.1, -0.05) is 6.07 Å². The third-order valence-corrected chi connectivity index (χ3v) is 2.72. The highest BCUT2D eigenvalue weighted by atomic mass is 16.2. The van der Waals surface area contributed by atoms with Crippen LogP contribution in [0.1, 0.15) is 33.6 Å². The number of benzene rings is 1. The molecule has 0 saturated carbocycles. The number of carbonyl (C=O) groups excluding carboxylic acids is 4. The van der Waals surface area contributed by atoms with Crippen LogP contribution >= 0.6 is 0 Å². The lowest BCUT2D eigenvalue weighted by molar-refractivity contribution is -0.121. The Morgan fingerprint density at radius 1 is 1.22 bits per heavy atom. The first kappa shape index (κ1) is 12.0. The standard InChI is InChI=1S/C12H10N2O4/c13-12(18)8-2-1-7(6-15)5-9(8)14-10(16)3-4-11(14)17/h1-2,5-6H,3-4H2,(H2,13,18). The number of nitrogens with two attached hydrogens (primary N) is 1. The van der Waals surface area contributed by atoms with Gasteiger partial charge in [0.2, 0.25) is 11.8 Å². The number of anilines is 1. The van der Waals surface area contributed by atoms with Crippen LogP contribution in [-0.4, -0.2) is 24.0 Å². The van der Waals surface area contributed by atoms with Gasteiger partial charge in [-0.25, -0.2) is 4.90 Å². The Bertz CT molecular complexity index is 549. The van der Waals surface area contributed by atoms with Gasteiger partial charge in [-0.2, -0.15) is 0 Å². The Hall–Kier alpha value is -2.50. The molecule has 1 saturated heterocycles. The van der Waals surface area contributed by atoms with Crippen molar-refractivity contribution in [3.05, 3.63) is 29.3 Å². The summed E-state index contributed by atoms with van der Waals surface area (Å²) in [5, 5.41) is 0. The Labute approximate surface area is 102 Å². The molecular formula is C12H10N2O4. The van der Waals surface area contributed by atoms with Crippen LogP contribution in [0.4, 0.5) is 5.69 Å². The van der Waals surface area contributed by atoms with Gasteiger partial charge in [0, 0.05) is 18.4 Å². The molecule has 2 rings (SSSR count). The smallest absolute Gasteiger partial charge is 0.250 e. The molecule has 6 nitrogen and oxygen atoms in total. The van der Waals surface area contributed by atoms with Crippen LogP contribution in [0.3, 0.4) is 0 Å². The third-order valence-electron chi connectivity index (χ3n) is 2.72. The number of imide groups is 1. The van der Waals surface area contributed by atoms with Crippen molar-refractivity contribution in [3.8, 4) is 0 Å². The van der Waals surface area contributed by atoms with Crippen LogP contribution in [0.2, 0.25) is 0 Å². The van der Waals surface area contributed by atoms with Crippen molar-refractivity contribution in [2.24, 2.45) is 5.73 Å². The summed E-state index contributed by atoms with van der Waals surface area (Å²) in [4.78, 5) is 46.1. The minimum atomic E-state index is -0.755. The van der Waals surface area contributed by atoms with Gasteiger partial charge >= 0.3 is 0 Å². The molecule has 1 aliphatic rings. The SMILES string of the molecule is NC(=O)c1ccc(C=O)cc1N1C(=O)CCC1=O. The first-order valence-electron chi connectivity index (χ1n) is 5.29. The van der Waals surface area contributed by atoms with E-state index in [2.05, 4.69) is 0 Å². The van der Waals surface area contributed by atoms with Gasteiger partial charge in [-0.3, -0.25) is 19.2 Å². The molecule has 0 aliphatic carbocycles. The molecule has 0 spiro atoms. The summed E-state index contributed by atoms with van der Waals surface area (Å²) in [5.74, 6) is -1.55. The number of aldehydes is 1. The molecule has 0 atom stereocenters. The zero-order valence-electron chi connectivity index (χ0n) is 9.38. The molecule has 92 valence electrons. The van der Waals surface area contributed by atoms with E-state index in [1.54, 1.807) is 0 Å². The van der Waals surface area contributed by atoms with E-state index in [4.69, 9.17) is 5.73 Å². The normalized spacial score (nSPS) is 15.0. The predicted octanol–water partition coefficient (Wildman–Crippen LogP) is 0.251. The Kier molecular flexibility index (Phi) is 2.93. The van der Waals surface area contributed by atoms with Crippen molar-refractivity contribution in [1.82, 2.24) is 0 Å². The fraction of sp³-hybridized carbons (Fsp3) is 0.167. The van der Waals surface area contributed by atoms with Gasteiger partial charge in [0.15, 0.2) is 0 Å². The average Bonchev–Trinajstić information content (AvgIpc) is 2.68. The molecule has 1 aliphatic heterocycles. The third kappa shape index (κ3) is 1.88. The zero-order chi connectivity index (χ0) is 13.3. The minimum Gasteiger partial charge on any atom is -0.366 e. The number of nitrogens with zero attached hydrogens (tertiary/aromatic N) is 1. The Morgan fingerprint density at radius 2 is 1.83 bits per heavy atom. The summed E-state index contributed by atoms with van der Waals surface area (Å²) in [6.45, 7) is 0. The average molecular weight is 246 g/mol. The molecular weight excluding hydrogens is 236 g/mol. The van der Waals surface area contributed by atoms with Crippen LogP contribution in [0.5, 0.6) is 0 Å². The summed E-state index contributed by atoms with van der Waals surface area (Å²) in [6.07, 6.45) is 0.768. The topological polar surface area (TPSA) is 97.5 Å². The Balaban J connectivity index is 2.59. The van der Waals surface area contributed by atoms with Gasteiger partial charge in [-0.05, 0) is 12.1 Å². The van der Waals surface area contributed by atoms with Crippen molar-refractivity contribution >= 4 is 29.7 Å². The van der Waals surface area contributed by atoms with Gasteiger partial charge in [0.05, 0.1) is 11.3 Å². The second-order valence-electron chi connectivity index (χ2n) is 3.88. The molecule has 18 heavy (non-hydrogen) atoms. The van der Waals surface area contributed by atoms with E-state index < -0.39 is 17.7 Å². The van der Waals surface area contributed by atoms with Crippen LogP contribution < -0.4 is 10.6 Å². The number of hydrogen-bond acceptors (Lipinski definition) is 4. The number of rotatable bonds is 3. The largest absolute Gasteiger partial charge is 0.366 e. The van der Waals surface area contributed by atoms with Crippen molar-refractivity contribution in [1.29, 1.82) is 0 Å². The van der Waals surface area contributed by atoms with Crippen molar-refractivity contribution in [2.75, 3.05) is 4.90 Å². The minimum absolute atomic E-state index is 0.0456. The highest BCUT2D eigenvalue weighted by Crippen LogP contribution is 2.27. The maximum absolute atomic E-state index is 11.6. The fourth-order valence-electron chi connectivity index (χ4n) is 1.86. The summed E-state index contributed by atoms with van der Waals surface area (Å²) >= 11 is 0. The molecule has 3 amide bonds. The molecule has 6 heteroatoms. The monoisotopic (exact) mass is 246 g/mol. The summed E-state index contributed by atoms with van der Waals surface area (Å²) in [6, 6.07) is 4.05. The highest BCUT2D eigenvalue weighted by molar-refractivity contribution is 6.22. The quantitative estimate of drug-likeness (QED) is 0.610. The van der Waals surface area contributed by atoms with Crippen molar-refractivity contribution in [2.45, 2.75) is 12.8 Å². The molecule has 1 aromatic carbocycles. The van der Waals surface area contributed by atoms with Crippen LogP contribution in [-0.2, 0) is 9.59 Å². The van der Waals surface area contributed by atoms with Crippen LogP contribution in [0.25, 0.3) is 0 Å². The highest BCUT2D eigenvalue weighted by Gasteiger charge is 2.32. The first-order valence-corrected chi connectivity index (χ1v) is 5.29. The fourth-order valence-corrected chi connectivity index (χ4v) is 1.86. The van der Waals surface area contributed by atoms with E-state index in [1.807, 2.05) is 0 Å². The van der Waals surface area contributed by atoms with E-state index in [0.29, 0.717) is 6.29 Å². The first-order chi connectivity index (χ1) is 8.54. The number of primary amides is 1. The van der Waals surface area contributed by atoms with E-state index in [-0.39, 0.29) is 29.7 Å². The van der Waals surface area contributed by atoms with E-state index in [0.717, 1.165) is 4.90 Å². The zero-order valence-corrected chi connectivity index (χ0v) is 9.38. The van der Waals surface area contributed by atoms with Crippen LogP contribution in [0, 0.1) is 0 Å². The number of carbonyl (C=O) groups is 4. The molecule has 2 N–H and O–H groups in total. The van der Waals surface area contributed by atoms with Crippen molar-refractivity contribution in [3.63, 3.8) is 0 Å². The Morgan fingerprint density at radius 3 is 2.33 bits per heavy atom. The predicted molar refractivity (Wildman–Crippen MR) is 62.1 cm³/mol. The van der Waals surface area contributed by atoms with E-state index in [9.17, 15) is 19.2 Å². The molecule has 1 heterocycles. The molecule has 1 aromatic rings. The van der Waals surface area contributed by atoms with Crippen molar-refractivity contribution < 1.29 is 19.2 Å². The maximum Gasteiger partial charge on any atom is 0.250 e. The lowest BCUT2D eigenvalue weighted by Gasteiger charge is -2.17. The van der Waals surface area contributed by atoms with Gasteiger partial charge < -0.3 is 5.73 Å². The molecule has 0 unspecified atom stereocenters. The lowest BCUT2D eigenvalue weighted by Crippen LogP contribution is -2.31. The summed E-state index contributed by atoms with van der Waals surface area (Å²) in [5.41, 5.74) is 5.58. The summed E-state index contributed by atoms with van der Waals surface area (Å²) < 4.78 is 0. The molecule has 1 fully saturated rings. The van der Waals surface area contributed by atoms with Gasteiger partial charge in [0.1, 0.15) is 6.29 Å². The molecule has 0 aromatic heterocycles. The second-order valence-corrected chi connectivity index (χ2v) is 3.88. The lowest BCUT2D eigenvalue weighted by atomic mass is 10.1. The summed E-state index contributed by atoms with van der Waals surface area (Å²) in [7, 11) is 0. The molecule has 0 radical (unpaired) electrons. The van der Waals surface area contributed by atoms with Crippen LogP contribution in [0.15, 0.2) is 18.2 Å². The van der Waals surface area contributed by atoms with E-state index >= 15 is 0 Å². The number of amides is 3. The maximum atomic E-state index is 11.6. The van der Waals surface area contributed by atoms with Gasteiger partial charge in [-0.15, -0.1) is 0 Å². The second kappa shape index (κ2) is 4.40.